The van der Waals surface area contributed by atoms with E-state index < -0.39 is 23.2 Å². The summed E-state index contributed by atoms with van der Waals surface area (Å²) in [5, 5.41) is 8.88. The molecule has 8 heteroatoms. The predicted molar refractivity (Wildman–Crippen MR) is 85.9 cm³/mol. The highest BCUT2D eigenvalue weighted by Gasteiger charge is 2.20. The fraction of sp³-hybridized carbons (Fsp3) is 0.500. The lowest BCUT2D eigenvalue weighted by atomic mass is 10.1. The fourth-order valence-corrected chi connectivity index (χ4v) is 2.05. The summed E-state index contributed by atoms with van der Waals surface area (Å²) >= 11 is 0. The maximum absolute atomic E-state index is 14.2. The van der Waals surface area contributed by atoms with E-state index in [2.05, 4.69) is 4.99 Å². The van der Waals surface area contributed by atoms with Gasteiger partial charge >= 0.3 is 5.97 Å². The van der Waals surface area contributed by atoms with E-state index in [-0.39, 0.29) is 30.1 Å². The minimum Gasteiger partial charge on any atom is -0.459 e. The van der Waals surface area contributed by atoms with Gasteiger partial charge in [-0.2, -0.15) is 0 Å². The topological polar surface area (TPSA) is 74.2 Å². The minimum atomic E-state index is -0.794. The predicted octanol–water partition coefficient (Wildman–Crippen LogP) is 2.09. The Bertz CT molecular complexity index is 604. The number of hydroxylamine groups is 1. The first-order valence-electron chi connectivity index (χ1n) is 7.33. The van der Waals surface area contributed by atoms with Gasteiger partial charge in [0.15, 0.2) is 5.84 Å². The quantitative estimate of drug-likeness (QED) is 0.371. The van der Waals surface area contributed by atoms with Gasteiger partial charge in [-0.15, -0.1) is 0 Å². The fourth-order valence-electron chi connectivity index (χ4n) is 2.05. The lowest BCUT2D eigenvalue weighted by Crippen LogP contribution is -2.33. The van der Waals surface area contributed by atoms with E-state index in [9.17, 15) is 13.6 Å². The van der Waals surface area contributed by atoms with E-state index in [1.807, 2.05) is 0 Å². The number of hydrogen-bond donors (Lipinski definition) is 2. The molecule has 24 heavy (non-hydrogen) atoms. The van der Waals surface area contributed by atoms with Crippen LogP contribution < -0.4 is 5.48 Å². The molecule has 1 aromatic carbocycles. The molecule has 0 aliphatic carbocycles. The summed E-state index contributed by atoms with van der Waals surface area (Å²) < 4.78 is 33.5. The van der Waals surface area contributed by atoms with Crippen molar-refractivity contribution in [3.63, 3.8) is 0 Å². The molecular weight excluding hydrogens is 320 g/mol. The van der Waals surface area contributed by atoms with Crippen molar-refractivity contribution in [2.24, 2.45) is 4.99 Å². The summed E-state index contributed by atoms with van der Waals surface area (Å²) in [6.07, 6.45) is 0. The third-order valence-electron chi connectivity index (χ3n) is 2.99. The van der Waals surface area contributed by atoms with Gasteiger partial charge in [-0.1, -0.05) is 0 Å². The van der Waals surface area contributed by atoms with Crippen LogP contribution in [0.4, 0.5) is 8.78 Å². The van der Waals surface area contributed by atoms with Crippen molar-refractivity contribution in [1.82, 2.24) is 10.4 Å². The molecule has 1 rings (SSSR count). The van der Waals surface area contributed by atoms with Gasteiger partial charge in [0, 0.05) is 24.7 Å². The summed E-state index contributed by atoms with van der Waals surface area (Å²) in [4.78, 5) is 16.9. The van der Waals surface area contributed by atoms with Crippen molar-refractivity contribution in [2.45, 2.75) is 32.9 Å². The van der Waals surface area contributed by atoms with Gasteiger partial charge in [-0.25, -0.2) is 8.78 Å². The molecule has 0 heterocycles. The number of carbonyl (C=O) groups is 1. The number of rotatable bonds is 5. The molecule has 0 unspecified atom stereocenters. The number of nitrogens with zero attached hydrogens (tertiary/aromatic N) is 2. The number of esters is 1. The summed E-state index contributed by atoms with van der Waals surface area (Å²) in [7, 11) is 2.93. The molecule has 0 spiro atoms. The maximum Gasteiger partial charge on any atom is 0.320 e. The average molecular weight is 343 g/mol. The largest absolute Gasteiger partial charge is 0.459 e. The van der Waals surface area contributed by atoms with Crippen molar-refractivity contribution in [1.29, 1.82) is 0 Å². The Morgan fingerprint density at radius 2 is 1.88 bits per heavy atom. The third-order valence-corrected chi connectivity index (χ3v) is 2.99. The van der Waals surface area contributed by atoms with Crippen molar-refractivity contribution in [3.05, 3.63) is 34.9 Å². The van der Waals surface area contributed by atoms with Crippen LogP contribution in [0.5, 0.6) is 0 Å². The van der Waals surface area contributed by atoms with Crippen molar-refractivity contribution >= 4 is 11.8 Å². The van der Waals surface area contributed by atoms with Gasteiger partial charge in [0.25, 0.3) is 0 Å². The van der Waals surface area contributed by atoms with Crippen LogP contribution in [0, 0.1) is 11.6 Å². The van der Waals surface area contributed by atoms with E-state index in [1.54, 1.807) is 33.3 Å². The van der Waals surface area contributed by atoms with Gasteiger partial charge in [0.1, 0.15) is 17.2 Å². The smallest absolute Gasteiger partial charge is 0.320 e. The molecule has 0 saturated heterocycles. The zero-order chi connectivity index (χ0) is 18.5. The van der Waals surface area contributed by atoms with Crippen LogP contribution in [-0.2, 0) is 16.1 Å². The Kier molecular flexibility index (Phi) is 6.80. The zero-order valence-corrected chi connectivity index (χ0v) is 14.5. The number of halogens is 2. The monoisotopic (exact) mass is 343 g/mol. The third kappa shape index (κ3) is 5.86. The van der Waals surface area contributed by atoms with E-state index in [1.165, 1.54) is 11.9 Å². The van der Waals surface area contributed by atoms with Gasteiger partial charge < -0.3 is 4.74 Å². The standard InChI is InChI=1S/C16H23F2N3O3/c1-16(2,3)24-14(22)9-21(5)8-11-12(17)6-10(7-13(11)18)15(19-4)20-23/h6-7,23H,8-9H2,1-5H3,(H,19,20). The molecule has 0 saturated carbocycles. The van der Waals surface area contributed by atoms with Crippen LogP contribution in [0.1, 0.15) is 31.9 Å². The molecule has 0 bridgehead atoms. The Morgan fingerprint density at radius 1 is 1.33 bits per heavy atom. The number of ether oxygens (including phenoxy) is 1. The number of hydrogen-bond acceptors (Lipinski definition) is 5. The molecule has 0 aromatic heterocycles. The SMILES string of the molecule is CN=C(NO)c1cc(F)c(CN(C)CC(=O)OC(C)(C)C)c(F)c1. The second kappa shape index (κ2) is 8.16. The molecule has 0 aliphatic heterocycles. The van der Waals surface area contributed by atoms with Crippen LogP contribution in [0.25, 0.3) is 0 Å². The Labute approximate surface area is 140 Å². The first kappa shape index (κ1) is 20.0. The van der Waals surface area contributed by atoms with Gasteiger partial charge in [-0.05, 0) is 40.0 Å². The van der Waals surface area contributed by atoms with Crippen molar-refractivity contribution < 1.29 is 23.5 Å². The lowest BCUT2D eigenvalue weighted by molar-refractivity contribution is -0.155. The second-order valence-corrected chi connectivity index (χ2v) is 6.36. The van der Waals surface area contributed by atoms with Crippen LogP contribution >= 0.6 is 0 Å². The molecule has 0 radical (unpaired) electrons. The minimum absolute atomic E-state index is 0.0542. The Balaban J connectivity index is 2.86. The van der Waals surface area contributed by atoms with E-state index in [0.717, 1.165) is 12.1 Å². The van der Waals surface area contributed by atoms with E-state index in [4.69, 9.17) is 9.94 Å². The van der Waals surface area contributed by atoms with Gasteiger partial charge in [0.2, 0.25) is 0 Å². The second-order valence-electron chi connectivity index (χ2n) is 6.36. The highest BCUT2D eigenvalue weighted by Crippen LogP contribution is 2.18. The Morgan fingerprint density at radius 3 is 2.29 bits per heavy atom. The summed E-state index contributed by atoms with van der Waals surface area (Å²) in [6.45, 7) is 5.02. The van der Waals surface area contributed by atoms with E-state index >= 15 is 0 Å². The van der Waals surface area contributed by atoms with Crippen molar-refractivity contribution in [2.75, 3.05) is 20.6 Å². The molecule has 0 fully saturated rings. The number of amidine groups is 1. The number of carbonyl (C=O) groups excluding carboxylic acids is 1. The molecule has 2 N–H and O–H groups in total. The number of likely N-dealkylation sites (N-methyl/N-ethyl adjacent to an activating group) is 1. The molecular formula is C16H23F2N3O3. The molecule has 0 amide bonds. The number of aliphatic imine (C=N–C) groups is 1. The molecule has 6 nitrogen and oxygen atoms in total. The molecule has 134 valence electrons. The molecule has 1 aromatic rings. The van der Waals surface area contributed by atoms with Crippen LogP contribution in [-0.4, -0.2) is 48.2 Å². The zero-order valence-electron chi connectivity index (χ0n) is 14.5. The maximum atomic E-state index is 14.2. The van der Waals surface area contributed by atoms with Gasteiger partial charge in [-0.3, -0.25) is 25.4 Å². The number of nitrogens with one attached hydrogen (secondary N) is 1. The average Bonchev–Trinajstić information content (AvgIpc) is 2.42. The lowest BCUT2D eigenvalue weighted by Gasteiger charge is -2.22. The number of benzene rings is 1. The molecule has 0 aliphatic rings. The van der Waals surface area contributed by atoms with E-state index in [0.29, 0.717) is 0 Å². The van der Waals surface area contributed by atoms with Gasteiger partial charge in [0.05, 0.1) is 6.54 Å². The van der Waals surface area contributed by atoms with Crippen LogP contribution in [0.3, 0.4) is 0 Å². The van der Waals surface area contributed by atoms with Crippen molar-refractivity contribution in [3.8, 4) is 0 Å². The summed E-state index contributed by atoms with van der Waals surface area (Å²) in [5.41, 5.74) is 1.05. The molecule has 0 atom stereocenters. The first-order chi connectivity index (χ1) is 11.1. The Hall–Kier alpha value is -2.06. The highest BCUT2D eigenvalue weighted by atomic mass is 19.1. The summed E-state index contributed by atoms with van der Waals surface area (Å²) in [5.74, 6) is -2.12. The first-order valence-corrected chi connectivity index (χ1v) is 7.33. The normalized spacial score (nSPS) is 12.5. The summed E-state index contributed by atoms with van der Waals surface area (Å²) in [6, 6.07) is 2.12. The highest BCUT2D eigenvalue weighted by molar-refractivity contribution is 5.97. The van der Waals surface area contributed by atoms with Crippen LogP contribution in [0.2, 0.25) is 0 Å². The van der Waals surface area contributed by atoms with Crippen LogP contribution in [0.15, 0.2) is 17.1 Å².